The lowest BCUT2D eigenvalue weighted by atomic mass is 10.1. The first-order chi connectivity index (χ1) is 8.18. The summed E-state index contributed by atoms with van der Waals surface area (Å²) < 4.78 is 0. The summed E-state index contributed by atoms with van der Waals surface area (Å²) in [5.41, 5.74) is 4.08. The molecule has 1 rings (SSSR count). The summed E-state index contributed by atoms with van der Waals surface area (Å²) in [4.78, 5) is 0. The largest absolute Gasteiger partial charge is 0.0856 e. The Morgan fingerprint density at radius 2 is 1.76 bits per heavy atom. The van der Waals surface area contributed by atoms with Crippen LogP contribution < -0.4 is 0 Å². The predicted octanol–water partition coefficient (Wildman–Crippen LogP) is 5.39. The molecule has 0 bridgehead atoms. The van der Waals surface area contributed by atoms with Crippen LogP contribution >= 0.6 is 0 Å². The average Bonchev–Trinajstić information content (AvgIpc) is 2.30. The second-order valence-corrected chi connectivity index (χ2v) is 4.60. The van der Waals surface area contributed by atoms with Crippen LogP contribution in [0.4, 0.5) is 0 Å². The van der Waals surface area contributed by atoms with Crippen molar-refractivity contribution in [3.8, 4) is 0 Å². The molecule has 0 fully saturated rings. The molecule has 0 radical (unpaired) electrons. The van der Waals surface area contributed by atoms with Crippen molar-refractivity contribution in [2.45, 2.75) is 33.6 Å². The predicted molar refractivity (Wildman–Crippen MR) is 77.9 cm³/mol. The summed E-state index contributed by atoms with van der Waals surface area (Å²) in [6.45, 7) is 6.48. The van der Waals surface area contributed by atoms with E-state index in [-0.39, 0.29) is 0 Å². The number of hydrogen-bond donors (Lipinski definition) is 0. The van der Waals surface area contributed by atoms with Crippen molar-refractivity contribution >= 4 is 6.08 Å². The Bertz CT molecular complexity index is 401. The van der Waals surface area contributed by atoms with Crippen molar-refractivity contribution in [1.29, 1.82) is 0 Å². The van der Waals surface area contributed by atoms with E-state index in [2.05, 4.69) is 69.3 Å². The van der Waals surface area contributed by atoms with E-state index in [9.17, 15) is 0 Å². The van der Waals surface area contributed by atoms with Gasteiger partial charge in [0.1, 0.15) is 0 Å². The molecule has 0 heterocycles. The number of allylic oxidation sites excluding steroid dienone is 5. The third-order valence-electron chi connectivity index (χ3n) is 2.56. The van der Waals surface area contributed by atoms with Gasteiger partial charge in [0.2, 0.25) is 0 Å². The Morgan fingerprint density at radius 3 is 2.41 bits per heavy atom. The van der Waals surface area contributed by atoms with Crippen molar-refractivity contribution in [3.05, 3.63) is 65.3 Å². The monoisotopic (exact) mass is 226 g/mol. The van der Waals surface area contributed by atoms with Gasteiger partial charge in [-0.05, 0) is 39.2 Å². The Kier molecular flexibility index (Phi) is 6.09. The first-order valence-electron chi connectivity index (χ1n) is 6.21. The van der Waals surface area contributed by atoms with Crippen molar-refractivity contribution in [2.24, 2.45) is 0 Å². The topological polar surface area (TPSA) is 0 Å². The molecular formula is C17H22. The van der Waals surface area contributed by atoms with Crippen LogP contribution in [0.25, 0.3) is 6.08 Å². The Labute approximate surface area is 105 Å². The quantitative estimate of drug-likeness (QED) is 0.466. The summed E-state index contributed by atoms with van der Waals surface area (Å²) in [7, 11) is 0. The summed E-state index contributed by atoms with van der Waals surface area (Å²) >= 11 is 0. The highest BCUT2D eigenvalue weighted by atomic mass is 13.9. The third kappa shape index (κ3) is 6.57. The van der Waals surface area contributed by atoms with E-state index in [1.807, 2.05) is 6.07 Å². The van der Waals surface area contributed by atoms with Gasteiger partial charge in [0.15, 0.2) is 0 Å². The lowest BCUT2D eigenvalue weighted by Gasteiger charge is -1.96. The van der Waals surface area contributed by atoms with Crippen LogP contribution in [-0.4, -0.2) is 0 Å². The standard InChI is InChI=1S/C17H22/c1-15(2)9-7-10-16(3)11-8-14-17-12-5-4-6-13-17/h4-6,8-9,11-14H,7,10H2,1-3H3/b14-8+,16-11+. The maximum absolute atomic E-state index is 2.29. The molecule has 0 unspecified atom stereocenters. The zero-order valence-electron chi connectivity index (χ0n) is 11.1. The third-order valence-corrected chi connectivity index (χ3v) is 2.56. The van der Waals surface area contributed by atoms with Gasteiger partial charge in [-0.2, -0.15) is 0 Å². The van der Waals surface area contributed by atoms with E-state index in [0.29, 0.717) is 0 Å². The molecule has 0 saturated carbocycles. The van der Waals surface area contributed by atoms with E-state index in [1.165, 1.54) is 16.7 Å². The molecule has 17 heavy (non-hydrogen) atoms. The Hall–Kier alpha value is -1.56. The SMILES string of the molecule is CC(C)=CCC/C(C)=C/C=C/c1ccccc1. The second kappa shape index (κ2) is 7.67. The molecule has 0 aromatic heterocycles. The first kappa shape index (κ1) is 13.5. The average molecular weight is 226 g/mol. The van der Waals surface area contributed by atoms with Gasteiger partial charge in [0.25, 0.3) is 0 Å². The number of benzene rings is 1. The van der Waals surface area contributed by atoms with Crippen molar-refractivity contribution in [1.82, 2.24) is 0 Å². The lowest BCUT2D eigenvalue weighted by Crippen LogP contribution is -1.76. The van der Waals surface area contributed by atoms with Gasteiger partial charge in [-0.1, -0.05) is 65.8 Å². The highest BCUT2D eigenvalue weighted by Gasteiger charge is 1.87. The van der Waals surface area contributed by atoms with Gasteiger partial charge >= 0.3 is 0 Å². The maximum atomic E-state index is 2.29. The van der Waals surface area contributed by atoms with E-state index in [1.54, 1.807) is 0 Å². The van der Waals surface area contributed by atoms with Crippen LogP contribution in [0.2, 0.25) is 0 Å². The van der Waals surface area contributed by atoms with Gasteiger partial charge in [-0.15, -0.1) is 0 Å². The molecule has 0 heteroatoms. The smallest absolute Gasteiger partial charge is 0.0257 e. The van der Waals surface area contributed by atoms with E-state index < -0.39 is 0 Å². The lowest BCUT2D eigenvalue weighted by molar-refractivity contribution is 0.967. The van der Waals surface area contributed by atoms with Crippen LogP contribution in [0, 0.1) is 0 Å². The maximum Gasteiger partial charge on any atom is -0.0257 e. The van der Waals surface area contributed by atoms with Gasteiger partial charge in [-0.3, -0.25) is 0 Å². The van der Waals surface area contributed by atoms with Crippen LogP contribution in [-0.2, 0) is 0 Å². The molecule has 0 aliphatic heterocycles. The van der Waals surface area contributed by atoms with Gasteiger partial charge in [0, 0.05) is 0 Å². The highest BCUT2D eigenvalue weighted by molar-refractivity contribution is 5.50. The van der Waals surface area contributed by atoms with Crippen molar-refractivity contribution < 1.29 is 0 Å². The molecule has 0 atom stereocenters. The summed E-state index contributed by atoms with van der Waals surface area (Å²) in [5.74, 6) is 0. The molecule has 0 amide bonds. The summed E-state index contributed by atoms with van der Waals surface area (Å²) in [6, 6.07) is 10.4. The fourth-order valence-electron chi connectivity index (χ4n) is 1.56. The normalized spacial score (nSPS) is 11.8. The molecule has 0 nitrogen and oxygen atoms in total. The fraction of sp³-hybridized carbons (Fsp3) is 0.294. The molecule has 0 N–H and O–H groups in total. The highest BCUT2D eigenvalue weighted by Crippen LogP contribution is 2.08. The fourth-order valence-corrected chi connectivity index (χ4v) is 1.56. The van der Waals surface area contributed by atoms with Crippen molar-refractivity contribution in [2.75, 3.05) is 0 Å². The molecule has 0 aliphatic rings. The van der Waals surface area contributed by atoms with Gasteiger partial charge in [-0.25, -0.2) is 0 Å². The Morgan fingerprint density at radius 1 is 1.06 bits per heavy atom. The van der Waals surface area contributed by atoms with E-state index in [0.717, 1.165) is 12.8 Å². The van der Waals surface area contributed by atoms with Crippen LogP contribution in [0.3, 0.4) is 0 Å². The molecule has 0 aliphatic carbocycles. The molecular weight excluding hydrogens is 204 g/mol. The zero-order chi connectivity index (χ0) is 12.5. The minimum absolute atomic E-state index is 1.14. The van der Waals surface area contributed by atoms with E-state index in [4.69, 9.17) is 0 Å². The van der Waals surface area contributed by atoms with Gasteiger partial charge < -0.3 is 0 Å². The molecule has 1 aromatic carbocycles. The number of hydrogen-bond acceptors (Lipinski definition) is 0. The molecule has 0 saturated heterocycles. The minimum Gasteiger partial charge on any atom is -0.0856 e. The second-order valence-electron chi connectivity index (χ2n) is 4.60. The molecule has 1 aromatic rings. The Balaban J connectivity index is 2.42. The van der Waals surface area contributed by atoms with Crippen LogP contribution in [0.1, 0.15) is 39.2 Å². The van der Waals surface area contributed by atoms with Crippen LogP contribution in [0.15, 0.2) is 59.7 Å². The first-order valence-corrected chi connectivity index (χ1v) is 6.21. The van der Waals surface area contributed by atoms with E-state index >= 15 is 0 Å². The zero-order valence-corrected chi connectivity index (χ0v) is 11.1. The summed E-state index contributed by atoms with van der Waals surface area (Å²) in [5, 5.41) is 0. The summed E-state index contributed by atoms with van der Waals surface area (Å²) in [6.07, 6.45) is 11.1. The van der Waals surface area contributed by atoms with Gasteiger partial charge in [0.05, 0.1) is 0 Å². The molecule has 90 valence electrons. The molecule has 0 spiro atoms. The number of rotatable bonds is 5. The van der Waals surface area contributed by atoms with Crippen molar-refractivity contribution in [3.63, 3.8) is 0 Å². The van der Waals surface area contributed by atoms with Crippen LogP contribution in [0.5, 0.6) is 0 Å². The minimum atomic E-state index is 1.14.